The van der Waals surface area contributed by atoms with Gasteiger partial charge in [-0.25, -0.2) is 0 Å². The molecule has 114 valence electrons. The predicted molar refractivity (Wildman–Crippen MR) is 79.0 cm³/mol. The van der Waals surface area contributed by atoms with Gasteiger partial charge >= 0.3 is 11.9 Å². The van der Waals surface area contributed by atoms with E-state index in [1.54, 1.807) is 0 Å². The highest BCUT2D eigenvalue weighted by molar-refractivity contribution is 5.82. The van der Waals surface area contributed by atoms with Crippen LogP contribution in [0.2, 0.25) is 0 Å². The number of ether oxygens (including phenoxy) is 2. The van der Waals surface area contributed by atoms with E-state index >= 15 is 0 Å². The summed E-state index contributed by atoms with van der Waals surface area (Å²) >= 11 is 0. The lowest BCUT2D eigenvalue weighted by Gasteiger charge is -2.29. The molecule has 0 N–H and O–H groups in total. The molecule has 0 aromatic carbocycles. The van der Waals surface area contributed by atoms with Gasteiger partial charge in [-0.05, 0) is 11.8 Å². The zero-order valence-electron chi connectivity index (χ0n) is 12.9. The largest absolute Gasteiger partial charge is 0.461 e. The fraction of sp³-hybridized carbons (Fsp3) is 0.625. The number of rotatable bonds is 9. The summed E-state index contributed by atoms with van der Waals surface area (Å²) in [6.45, 7) is 14.9. The normalized spacial score (nSPS) is 13.7. The first-order valence-electron chi connectivity index (χ1n) is 6.91. The molecule has 2 atom stereocenters. The molecule has 2 unspecified atom stereocenters. The number of hydrogen-bond donors (Lipinski definition) is 0. The number of esters is 2. The van der Waals surface area contributed by atoms with Crippen LogP contribution in [0.25, 0.3) is 0 Å². The summed E-state index contributed by atoms with van der Waals surface area (Å²) in [7, 11) is 0. The molecule has 20 heavy (non-hydrogen) atoms. The van der Waals surface area contributed by atoms with Gasteiger partial charge in [0.1, 0.15) is 13.2 Å². The molecule has 0 radical (unpaired) electrons. The van der Waals surface area contributed by atoms with Gasteiger partial charge in [0.05, 0.1) is 11.8 Å². The van der Waals surface area contributed by atoms with Gasteiger partial charge in [-0.15, -0.1) is 0 Å². The van der Waals surface area contributed by atoms with E-state index in [1.807, 2.05) is 27.7 Å². The van der Waals surface area contributed by atoms with Crippen molar-refractivity contribution in [1.82, 2.24) is 0 Å². The zero-order valence-corrected chi connectivity index (χ0v) is 12.9. The van der Waals surface area contributed by atoms with Crippen LogP contribution in [-0.2, 0) is 19.1 Å². The number of hydrogen-bond acceptors (Lipinski definition) is 4. The van der Waals surface area contributed by atoms with E-state index in [0.717, 1.165) is 0 Å². The summed E-state index contributed by atoms with van der Waals surface area (Å²) in [5.74, 6) is -1.84. The topological polar surface area (TPSA) is 52.6 Å². The maximum absolute atomic E-state index is 12.2. The third kappa shape index (κ3) is 5.59. The third-order valence-corrected chi connectivity index (χ3v) is 3.05. The van der Waals surface area contributed by atoms with E-state index in [9.17, 15) is 9.59 Å². The minimum absolute atomic E-state index is 0.0176. The Hall–Kier alpha value is -1.58. The molecule has 0 heterocycles. The Morgan fingerprint density at radius 2 is 1.15 bits per heavy atom. The van der Waals surface area contributed by atoms with Crippen molar-refractivity contribution >= 4 is 11.9 Å². The number of carbonyl (C=O) groups is 2. The summed E-state index contributed by atoms with van der Waals surface area (Å²) in [5, 5.41) is 0. The van der Waals surface area contributed by atoms with Gasteiger partial charge < -0.3 is 9.47 Å². The monoisotopic (exact) mass is 282 g/mol. The van der Waals surface area contributed by atoms with Gasteiger partial charge in [0.2, 0.25) is 0 Å². The Balaban J connectivity index is 5.13. The van der Waals surface area contributed by atoms with E-state index in [0.29, 0.717) is 0 Å². The maximum atomic E-state index is 12.2. The van der Waals surface area contributed by atoms with Gasteiger partial charge in [0.25, 0.3) is 0 Å². The van der Waals surface area contributed by atoms with E-state index in [1.165, 1.54) is 12.2 Å². The molecule has 0 aromatic heterocycles. The van der Waals surface area contributed by atoms with Crippen molar-refractivity contribution in [2.75, 3.05) is 13.2 Å². The lowest BCUT2D eigenvalue weighted by molar-refractivity contribution is -0.163. The van der Waals surface area contributed by atoms with Crippen molar-refractivity contribution in [3.8, 4) is 0 Å². The van der Waals surface area contributed by atoms with E-state index in [2.05, 4.69) is 13.2 Å². The van der Waals surface area contributed by atoms with Crippen LogP contribution in [0.1, 0.15) is 27.7 Å². The Labute approximate surface area is 121 Å². The Morgan fingerprint density at radius 1 is 0.850 bits per heavy atom. The first-order valence-corrected chi connectivity index (χ1v) is 6.91. The van der Waals surface area contributed by atoms with Gasteiger partial charge in [-0.1, -0.05) is 53.0 Å². The van der Waals surface area contributed by atoms with Crippen LogP contribution in [-0.4, -0.2) is 25.2 Å². The molecule has 0 rings (SSSR count). The smallest absolute Gasteiger partial charge is 0.310 e. The van der Waals surface area contributed by atoms with Crippen molar-refractivity contribution in [3.05, 3.63) is 25.3 Å². The standard InChI is InChI=1S/C16H26O4/c1-7-9-19-15(17)13(11(3)4)14(12(5)6)16(18)20-10-8-2/h7-8,11-14H,1-2,9-10H2,3-6H3. The van der Waals surface area contributed by atoms with Gasteiger partial charge in [0, 0.05) is 0 Å². The summed E-state index contributed by atoms with van der Waals surface area (Å²) in [6.07, 6.45) is 3.02. The van der Waals surface area contributed by atoms with E-state index in [4.69, 9.17) is 9.47 Å². The Bertz CT molecular complexity index is 310. The van der Waals surface area contributed by atoms with Crippen molar-refractivity contribution in [2.45, 2.75) is 27.7 Å². The van der Waals surface area contributed by atoms with Crippen LogP contribution in [0.4, 0.5) is 0 Å². The second-order valence-corrected chi connectivity index (χ2v) is 5.38. The van der Waals surface area contributed by atoms with Crippen molar-refractivity contribution in [1.29, 1.82) is 0 Å². The molecule has 0 bridgehead atoms. The molecular formula is C16H26O4. The Kier molecular flexibility index (Phi) is 8.61. The minimum atomic E-state index is -0.521. The van der Waals surface area contributed by atoms with Crippen molar-refractivity contribution < 1.29 is 19.1 Å². The summed E-state index contributed by atoms with van der Waals surface area (Å²) in [4.78, 5) is 24.3. The first-order chi connectivity index (χ1) is 9.36. The molecule has 0 saturated heterocycles. The fourth-order valence-electron chi connectivity index (χ4n) is 2.14. The van der Waals surface area contributed by atoms with Gasteiger partial charge in [-0.3, -0.25) is 9.59 Å². The molecule has 0 spiro atoms. The van der Waals surface area contributed by atoms with E-state index in [-0.39, 0.29) is 37.0 Å². The van der Waals surface area contributed by atoms with Crippen molar-refractivity contribution in [3.63, 3.8) is 0 Å². The van der Waals surface area contributed by atoms with Crippen LogP contribution < -0.4 is 0 Å². The summed E-state index contributed by atoms with van der Waals surface area (Å²) in [6, 6.07) is 0. The third-order valence-electron chi connectivity index (χ3n) is 3.05. The maximum Gasteiger partial charge on any atom is 0.310 e. The highest BCUT2D eigenvalue weighted by atomic mass is 16.5. The SMILES string of the molecule is C=CCOC(=O)C(C(C)C)C(C(=O)OCC=C)C(C)C. The second kappa shape index (κ2) is 9.34. The molecule has 0 amide bonds. The fourth-order valence-corrected chi connectivity index (χ4v) is 2.14. The van der Waals surface area contributed by atoms with Crippen LogP contribution in [0, 0.1) is 23.7 Å². The molecular weight excluding hydrogens is 256 g/mol. The van der Waals surface area contributed by atoms with E-state index < -0.39 is 11.8 Å². The van der Waals surface area contributed by atoms with Crippen LogP contribution in [0.3, 0.4) is 0 Å². The molecule has 0 aromatic rings. The molecule has 0 fully saturated rings. The lowest BCUT2D eigenvalue weighted by Crippen LogP contribution is -2.39. The van der Waals surface area contributed by atoms with Crippen molar-refractivity contribution in [2.24, 2.45) is 23.7 Å². The average Bonchev–Trinajstić information content (AvgIpc) is 2.38. The summed E-state index contributed by atoms with van der Waals surface area (Å²) < 4.78 is 10.2. The molecule has 0 aliphatic rings. The van der Waals surface area contributed by atoms with Crippen LogP contribution >= 0.6 is 0 Å². The lowest BCUT2D eigenvalue weighted by atomic mass is 9.77. The van der Waals surface area contributed by atoms with Gasteiger partial charge in [-0.2, -0.15) is 0 Å². The minimum Gasteiger partial charge on any atom is -0.461 e. The molecule has 4 heteroatoms. The zero-order chi connectivity index (χ0) is 15.7. The van der Waals surface area contributed by atoms with Crippen LogP contribution in [0.15, 0.2) is 25.3 Å². The van der Waals surface area contributed by atoms with Crippen LogP contribution in [0.5, 0.6) is 0 Å². The highest BCUT2D eigenvalue weighted by Crippen LogP contribution is 2.30. The van der Waals surface area contributed by atoms with Gasteiger partial charge in [0.15, 0.2) is 0 Å². The summed E-state index contributed by atoms with van der Waals surface area (Å²) in [5.41, 5.74) is 0. The molecule has 0 aliphatic carbocycles. The first kappa shape index (κ1) is 18.4. The average molecular weight is 282 g/mol. The highest BCUT2D eigenvalue weighted by Gasteiger charge is 2.39. The quantitative estimate of drug-likeness (QED) is 0.482. The molecule has 4 nitrogen and oxygen atoms in total. The molecule has 0 saturated carbocycles. The predicted octanol–water partition coefficient (Wildman–Crippen LogP) is 2.99. The molecule has 0 aliphatic heterocycles. The number of carbonyl (C=O) groups excluding carboxylic acids is 2. The Morgan fingerprint density at radius 3 is 1.35 bits per heavy atom. The second-order valence-electron chi connectivity index (χ2n) is 5.38.